The van der Waals surface area contributed by atoms with Gasteiger partial charge < -0.3 is 9.47 Å². The highest BCUT2D eigenvalue weighted by atomic mass is 35.5. The summed E-state index contributed by atoms with van der Waals surface area (Å²) in [7, 11) is -1.44. The van der Waals surface area contributed by atoms with Gasteiger partial charge in [0, 0.05) is 17.9 Å². The second-order valence-corrected chi connectivity index (χ2v) is 8.00. The minimum absolute atomic E-state index is 0.0522. The first-order valence-corrected chi connectivity index (χ1v) is 10.0. The lowest BCUT2D eigenvalue weighted by molar-refractivity contribution is -0.121. The molecule has 10 heteroatoms. The van der Waals surface area contributed by atoms with Gasteiger partial charge in [0.05, 0.1) is 25.6 Å². The average molecular weight is 425 g/mol. The molecule has 0 saturated carbocycles. The number of rotatable bonds is 6. The number of anilines is 2. The van der Waals surface area contributed by atoms with Gasteiger partial charge in [0.25, 0.3) is 10.0 Å². The van der Waals surface area contributed by atoms with Crippen molar-refractivity contribution in [1.82, 2.24) is 0 Å². The second kappa shape index (κ2) is 7.69. The van der Waals surface area contributed by atoms with E-state index in [-0.39, 0.29) is 52.4 Å². The van der Waals surface area contributed by atoms with Crippen LogP contribution in [0.1, 0.15) is 12.8 Å². The van der Waals surface area contributed by atoms with Gasteiger partial charge in [0.15, 0.2) is 0 Å². The van der Waals surface area contributed by atoms with Crippen LogP contribution in [0.2, 0.25) is 5.02 Å². The third-order valence-corrected chi connectivity index (χ3v) is 5.77. The zero-order valence-electron chi connectivity index (χ0n) is 15.1. The van der Waals surface area contributed by atoms with Crippen LogP contribution in [-0.2, 0) is 19.6 Å². The van der Waals surface area contributed by atoms with Crippen molar-refractivity contribution < 1.29 is 27.5 Å². The van der Waals surface area contributed by atoms with E-state index in [2.05, 4.69) is 4.72 Å². The van der Waals surface area contributed by atoms with E-state index in [9.17, 15) is 18.0 Å². The van der Waals surface area contributed by atoms with Gasteiger partial charge >= 0.3 is 0 Å². The zero-order chi connectivity index (χ0) is 20.5. The number of ether oxygens (including phenoxy) is 2. The maximum Gasteiger partial charge on any atom is 0.265 e. The largest absolute Gasteiger partial charge is 0.495 e. The van der Waals surface area contributed by atoms with Crippen LogP contribution in [0.5, 0.6) is 11.5 Å². The molecule has 1 aliphatic heterocycles. The Kier molecular flexibility index (Phi) is 5.48. The van der Waals surface area contributed by atoms with Crippen LogP contribution in [-0.4, -0.2) is 34.5 Å². The summed E-state index contributed by atoms with van der Waals surface area (Å²) < 4.78 is 38.7. The summed E-state index contributed by atoms with van der Waals surface area (Å²) in [5, 5.41) is 0.312. The van der Waals surface area contributed by atoms with E-state index in [1.165, 1.54) is 44.6 Å². The predicted octanol–water partition coefficient (Wildman–Crippen LogP) is 2.81. The summed E-state index contributed by atoms with van der Waals surface area (Å²) in [6, 6.07) is 8.55. The lowest BCUT2D eigenvalue weighted by atomic mass is 10.2. The number of benzene rings is 2. The molecule has 0 aliphatic carbocycles. The number of hydrogen-bond acceptors (Lipinski definition) is 6. The number of methoxy groups -OCH3 is 2. The Hall–Kier alpha value is -2.78. The SMILES string of the molecule is COc1ccc(Cl)cc1NS(=O)(=O)c1cc(N2C(=O)CCC2=O)ccc1OC. The fourth-order valence-corrected chi connectivity index (χ4v) is 4.26. The maximum atomic E-state index is 13.0. The summed E-state index contributed by atoms with van der Waals surface area (Å²) in [6.07, 6.45) is 0.176. The first-order chi connectivity index (χ1) is 13.3. The van der Waals surface area contributed by atoms with E-state index in [1.807, 2.05) is 0 Å². The molecular formula is C18H17ClN2O6S. The van der Waals surface area contributed by atoms with Crippen LogP contribution in [0.4, 0.5) is 11.4 Å². The Morgan fingerprint density at radius 1 is 0.964 bits per heavy atom. The van der Waals surface area contributed by atoms with Gasteiger partial charge in [-0.1, -0.05) is 11.6 Å². The number of imide groups is 1. The molecule has 0 spiro atoms. The molecule has 1 fully saturated rings. The van der Waals surface area contributed by atoms with Crippen molar-refractivity contribution in [2.75, 3.05) is 23.8 Å². The molecule has 8 nitrogen and oxygen atoms in total. The monoisotopic (exact) mass is 424 g/mol. The van der Waals surface area contributed by atoms with E-state index >= 15 is 0 Å². The van der Waals surface area contributed by atoms with Crippen molar-refractivity contribution in [2.45, 2.75) is 17.7 Å². The van der Waals surface area contributed by atoms with E-state index in [1.54, 1.807) is 6.07 Å². The third-order valence-electron chi connectivity index (χ3n) is 4.15. The van der Waals surface area contributed by atoms with Crippen molar-refractivity contribution in [3.63, 3.8) is 0 Å². The highest BCUT2D eigenvalue weighted by Crippen LogP contribution is 2.35. The first kappa shape index (κ1) is 20.0. The molecule has 3 rings (SSSR count). The zero-order valence-corrected chi connectivity index (χ0v) is 16.6. The predicted molar refractivity (Wildman–Crippen MR) is 104 cm³/mol. The minimum Gasteiger partial charge on any atom is -0.495 e. The summed E-state index contributed by atoms with van der Waals surface area (Å²) in [6.45, 7) is 0. The Morgan fingerprint density at radius 2 is 1.57 bits per heavy atom. The van der Waals surface area contributed by atoms with Crippen molar-refractivity contribution in [3.05, 3.63) is 41.4 Å². The molecule has 2 aromatic rings. The number of carbonyl (C=O) groups excluding carboxylic acids is 2. The van der Waals surface area contributed by atoms with E-state index in [0.29, 0.717) is 5.02 Å². The average Bonchev–Trinajstić information content (AvgIpc) is 2.99. The van der Waals surface area contributed by atoms with Crippen LogP contribution in [0.25, 0.3) is 0 Å². The van der Waals surface area contributed by atoms with Crippen LogP contribution in [0.3, 0.4) is 0 Å². The molecule has 0 radical (unpaired) electrons. The summed E-state index contributed by atoms with van der Waals surface area (Å²) >= 11 is 5.95. The molecule has 1 heterocycles. The molecule has 0 unspecified atom stereocenters. The van der Waals surface area contributed by atoms with E-state index < -0.39 is 10.0 Å². The number of amides is 2. The smallest absolute Gasteiger partial charge is 0.265 e. The van der Waals surface area contributed by atoms with Crippen LogP contribution >= 0.6 is 11.6 Å². The standard InChI is InChI=1S/C18H17ClN2O6S/c1-26-14-5-3-11(19)9-13(14)20-28(24,25)16-10-12(4-6-15(16)27-2)21-17(22)7-8-18(21)23/h3-6,9-10,20H,7-8H2,1-2H3. The van der Waals surface area contributed by atoms with Gasteiger partial charge in [-0.25, -0.2) is 8.42 Å². The fraction of sp³-hybridized carbons (Fsp3) is 0.222. The molecule has 148 valence electrons. The first-order valence-electron chi connectivity index (χ1n) is 8.17. The number of carbonyl (C=O) groups is 2. The third kappa shape index (κ3) is 3.76. The molecule has 2 amide bonds. The van der Waals surface area contributed by atoms with Gasteiger partial charge in [-0.2, -0.15) is 0 Å². The summed E-state index contributed by atoms with van der Waals surface area (Å²) in [5.41, 5.74) is 0.294. The molecule has 28 heavy (non-hydrogen) atoms. The van der Waals surface area contributed by atoms with Gasteiger partial charge in [0.2, 0.25) is 11.8 Å². The number of hydrogen-bond donors (Lipinski definition) is 1. The lowest BCUT2D eigenvalue weighted by Crippen LogP contribution is -2.28. The number of nitrogens with one attached hydrogen (secondary N) is 1. The molecule has 1 N–H and O–H groups in total. The van der Waals surface area contributed by atoms with Gasteiger partial charge in [-0.3, -0.25) is 19.2 Å². The quantitative estimate of drug-likeness (QED) is 0.715. The number of halogens is 1. The minimum atomic E-state index is -4.16. The summed E-state index contributed by atoms with van der Waals surface area (Å²) in [4.78, 5) is 24.7. The normalized spacial score (nSPS) is 14.3. The Labute approximate surface area is 167 Å². The van der Waals surface area contributed by atoms with Crippen molar-refractivity contribution >= 4 is 44.8 Å². The van der Waals surface area contributed by atoms with Crippen molar-refractivity contribution in [1.29, 1.82) is 0 Å². The Balaban J connectivity index is 2.06. The topological polar surface area (TPSA) is 102 Å². The molecule has 0 atom stereocenters. The van der Waals surface area contributed by atoms with Gasteiger partial charge in [-0.05, 0) is 36.4 Å². The van der Waals surface area contributed by atoms with Crippen LogP contribution in [0.15, 0.2) is 41.3 Å². The summed E-state index contributed by atoms with van der Waals surface area (Å²) in [5.74, 6) is -0.449. The molecule has 1 aliphatic rings. The van der Waals surface area contributed by atoms with Crippen molar-refractivity contribution in [3.8, 4) is 11.5 Å². The Morgan fingerprint density at radius 3 is 2.18 bits per heavy atom. The molecule has 1 saturated heterocycles. The molecule has 0 bridgehead atoms. The van der Waals surface area contributed by atoms with Gasteiger partial charge in [0.1, 0.15) is 16.4 Å². The van der Waals surface area contributed by atoms with Crippen LogP contribution in [0, 0.1) is 0 Å². The van der Waals surface area contributed by atoms with Crippen LogP contribution < -0.4 is 19.1 Å². The lowest BCUT2D eigenvalue weighted by Gasteiger charge is -2.18. The van der Waals surface area contributed by atoms with E-state index in [4.69, 9.17) is 21.1 Å². The molecule has 2 aromatic carbocycles. The highest BCUT2D eigenvalue weighted by Gasteiger charge is 2.32. The van der Waals surface area contributed by atoms with Crippen molar-refractivity contribution in [2.24, 2.45) is 0 Å². The maximum absolute atomic E-state index is 13.0. The number of sulfonamides is 1. The van der Waals surface area contributed by atoms with E-state index in [0.717, 1.165) is 4.90 Å². The molecule has 0 aromatic heterocycles. The second-order valence-electron chi connectivity index (χ2n) is 5.91. The number of nitrogens with zero attached hydrogens (tertiary/aromatic N) is 1. The highest BCUT2D eigenvalue weighted by molar-refractivity contribution is 7.92. The Bertz CT molecular complexity index is 1040. The molecular weight excluding hydrogens is 408 g/mol. The van der Waals surface area contributed by atoms with Gasteiger partial charge in [-0.15, -0.1) is 0 Å². The fourth-order valence-electron chi connectivity index (χ4n) is 2.84.